The molecule has 0 N–H and O–H groups in total. The van der Waals surface area contributed by atoms with E-state index in [2.05, 4.69) is 52.1 Å². The highest BCUT2D eigenvalue weighted by Crippen LogP contribution is 2.32. The molecule has 0 atom stereocenters. The van der Waals surface area contributed by atoms with Crippen LogP contribution < -0.4 is 0 Å². The fourth-order valence-corrected chi connectivity index (χ4v) is 3.76. The molecular weight excluding hydrogens is 299 g/mol. The quantitative estimate of drug-likeness (QED) is 0.729. The van der Waals surface area contributed by atoms with Crippen LogP contribution in [0.25, 0.3) is 6.08 Å². The fourth-order valence-electron chi connectivity index (χ4n) is 3.76. The topological polar surface area (TPSA) is 35.8 Å². The fraction of sp³-hybridized carbons (Fsp3) is 0.526. The Morgan fingerprint density at radius 3 is 2.12 bits per heavy atom. The standard InChI is InChI=1S/C19H29BN2O2/c1-9-16-12(3)18(21-14(16)5)11-19-13(4)17(10-2)15(6)22(19)20(23-7)24-8/h11H,9-10H2,1-8H3/b18-11-. The van der Waals surface area contributed by atoms with Gasteiger partial charge in [-0.1, -0.05) is 13.8 Å². The first-order chi connectivity index (χ1) is 11.4. The number of nitrogens with zero attached hydrogens (tertiary/aromatic N) is 2. The van der Waals surface area contributed by atoms with Crippen molar-refractivity contribution < 1.29 is 9.31 Å². The summed E-state index contributed by atoms with van der Waals surface area (Å²) in [6.07, 6.45) is 4.17. The molecule has 1 aliphatic rings. The van der Waals surface area contributed by atoms with Crippen LogP contribution in [0.4, 0.5) is 0 Å². The van der Waals surface area contributed by atoms with Crippen molar-refractivity contribution >= 4 is 19.0 Å². The van der Waals surface area contributed by atoms with Gasteiger partial charge in [-0.25, -0.2) is 0 Å². The summed E-state index contributed by atoms with van der Waals surface area (Å²) >= 11 is 0. The molecule has 5 heteroatoms. The van der Waals surface area contributed by atoms with Gasteiger partial charge in [0.05, 0.1) is 5.70 Å². The molecule has 1 aromatic heterocycles. The van der Waals surface area contributed by atoms with Crippen LogP contribution in [0.15, 0.2) is 21.8 Å². The second-order valence-electron chi connectivity index (χ2n) is 6.26. The Kier molecular flexibility index (Phi) is 5.89. The lowest BCUT2D eigenvalue weighted by Gasteiger charge is -2.15. The zero-order valence-corrected chi connectivity index (χ0v) is 16.3. The minimum absolute atomic E-state index is 0.433. The van der Waals surface area contributed by atoms with E-state index in [0.29, 0.717) is 0 Å². The van der Waals surface area contributed by atoms with E-state index in [0.717, 1.165) is 29.9 Å². The van der Waals surface area contributed by atoms with Crippen LogP contribution in [0.3, 0.4) is 0 Å². The zero-order chi connectivity index (χ0) is 18.0. The molecule has 1 aliphatic heterocycles. The normalized spacial score (nSPS) is 16.3. The molecule has 2 heterocycles. The maximum absolute atomic E-state index is 5.54. The Hall–Kier alpha value is -1.59. The lowest BCUT2D eigenvalue weighted by atomic mass is 10.0. The van der Waals surface area contributed by atoms with Crippen molar-refractivity contribution in [3.8, 4) is 0 Å². The van der Waals surface area contributed by atoms with Crippen LogP contribution in [0.1, 0.15) is 56.6 Å². The maximum Gasteiger partial charge on any atom is 0.597 e. The molecule has 24 heavy (non-hydrogen) atoms. The highest BCUT2D eigenvalue weighted by atomic mass is 16.6. The highest BCUT2D eigenvalue weighted by molar-refractivity contribution is 6.43. The average molecular weight is 328 g/mol. The molecule has 0 aromatic carbocycles. The minimum atomic E-state index is -0.433. The highest BCUT2D eigenvalue weighted by Gasteiger charge is 2.28. The van der Waals surface area contributed by atoms with Crippen molar-refractivity contribution in [1.29, 1.82) is 0 Å². The van der Waals surface area contributed by atoms with E-state index >= 15 is 0 Å². The Morgan fingerprint density at radius 2 is 1.67 bits per heavy atom. The molecule has 0 bridgehead atoms. The summed E-state index contributed by atoms with van der Waals surface area (Å²) in [4.78, 5) is 4.78. The van der Waals surface area contributed by atoms with Crippen LogP contribution in [0.5, 0.6) is 0 Å². The van der Waals surface area contributed by atoms with Gasteiger partial charge in [0.15, 0.2) is 0 Å². The van der Waals surface area contributed by atoms with E-state index in [1.165, 1.54) is 28.0 Å². The lowest BCUT2D eigenvalue weighted by Crippen LogP contribution is -2.31. The molecule has 0 radical (unpaired) electrons. The molecule has 4 nitrogen and oxygen atoms in total. The third-order valence-corrected chi connectivity index (χ3v) is 5.05. The van der Waals surface area contributed by atoms with Crippen molar-refractivity contribution in [3.05, 3.63) is 39.4 Å². The summed E-state index contributed by atoms with van der Waals surface area (Å²) in [5.74, 6) is 0. The Morgan fingerprint density at radius 1 is 1.04 bits per heavy atom. The van der Waals surface area contributed by atoms with E-state index in [9.17, 15) is 0 Å². The molecule has 130 valence electrons. The number of aromatic nitrogens is 1. The molecule has 1 aromatic rings. The monoisotopic (exact) mass is 328 g/mol. The number of aliphatic imine (C=N–C) groups is 1. The van der Waals surface area contributed by atoms with Crippen LogP contribution in [-0.2, 0) is 15.7 Å². The van der Waals surface area contributed by atoms with Gasteiger partial charge in [-0.2, -0.15) is 0 Å². The van der Waals surface area contributed by atoms with E-state index in [-0.39, 0.29) is 0 Å². The van der Waals surface area contributed by atoms with Crippen LogP contribution >= 0.6 is 0 Å². The summed E-state index contributed by atoms with van der Waals surface area (Å²) in [6.45, 7) is 12.9. The van der Waals surface area contributed by atoms with E-state index in [4.69, 9.17) is 14.3 Å². The Labute approximate surface area is 146 Å². The molecule has 0 unspecified atom stereocenters. The molecule has 2 rings (SSSR count). The van der Waals surface area contributed by atoms with Crippen molar-refractivity contribution in [3.63, 3.8) is 0 Å². The maximum atomic E-state index is 5.54. The summed E-state index contributed by atoms with van der Waals surface area (Å²) in [5.41, 5.74) is 9.69. The summed E-state index contributed by atoms with van der Waals surface area (Å²) in [7, 11) is 2.91. The predicted molar refractivity (Wildman–Crippen MR) is 103 cm³/mol. The van der Waals surface area contributed by atoms with E-state index in [1.807, 2.05) is 0 Å². The van der Waals surface area contributed by atoms with Gasteiger partial charge < -0.3 is 13.8 Å². The van der Waals surface area contributed by atoms with Crippen molar-refractivity contribution in [2.24, 2.45) is 4.99 Å². The first kappa shape index (κ1) is 18.7. The van der Waals surface area contributed by atoms with Crippen molar-refractivity contribution in [1.82, 2.24) is 4.48 Å². The van der Waals surface area contributed by atoms with E-state index < -0.39 is 7.25 Å². The Bertz CT molecular complexity index is 722. The first-order valence-electron chi connectivity index (χ1n) is 8.64. The SMILES string of the molecule is CCC1=C(C)/C(=C/c2c(C)c(CC)c(C)n2B(OC)OC)N=C1C. The van der Waals surface area contributed by atoms with Crippen molar-refractivity contribution in [2.75, 3.05) is 14.2 Å². The van der Waals surface area contributed by atoms with Gasteiger partial charge in [-0.05, 0) is 68.9 Å². The molecule has 0 spiro atoms. The van der Waals surface area contributed by atoms with Gasteiger partial charge in [-0.3, -0.25) is 4.99 Å². The van der Waals surface area contributed by atoms with Gasteiger partial charge in [-0.15, -0.1) is 0 Å². The van der Waals surface area contributed by atoms with Gasteiger partial charge >= 0.3 is 7.25 Å². The minimum Gasteiger partial charge on any atom is -0.394 e. The number of hydrogen-bond donors (Lipinski definition) is 0. The third kappa shape index (κ3) is 3.03. The summed E-state index contributed by atoms with van der Waals surface area (Å²) in [5, 5.41) is 0. The second-order valence-corrected chi connectivity index (χ2v) is 6.26. The molecule has 0 fully saturated rings. The summed E-state index contributed by atoms with van der Waals surface area (Å²) in [6, 6.07) is 0. The van der Waals surface area contributed by atoms with Gasteiger partial charge in [0.25, 0.3) is 0 Å². The first-order valence-corrected chi connectivity index (χ1v) is 8.64. The van der Waals surface area contributed by atoms with E-state index in [1.54, 1.807) is 14.2 Å². The third-order valence-electron chi connectivity index (χ3n) is 5.05. The largest absolute Gasteiger partial charge is 0.597 e. The second kappa shape index (κ2) is 7.54. The smallest absolute Gasteiger partial charge is 0.394 e. The number of rotatable bonds is 6. The van der Waals surface area contributed by atoms with Crippen LogP contribution in [0.2, 0.25) is 0 Å². The molecule has 0 aliphatic carbocycles. The lowest BCUT2D eigenvalue weighted by molar-refractivity contribution is 0.267. The number of hydrogen-bond acceptors (Lipinski definition) is 3. The van der Waals surface area contributed by atoms with Gasteiger partial charge in [0.1, 0.15) is 0 Å². The molecular formula is C19H29BN2O2. The molecule has 0 amide bonds. The van der Waals surface area contributed by atoms with Gasteiger partial charge in [0.2, 0.25) is 0 Å². The van der Waals surface area contributed by atoms with Crippen LogP contribution in [0, 0.1) is 13.8 Å². The molecule has 0 saturated carbocycles. The zero-order valence-electron chi connectivity index (χ0n) is 16.3. The van der Waals surface area contributed by atoms with Crippen molar-refractivity contribution in [2.45, 2.75) is 54.4 Å². The van der Waals surface area contributed by atoms with Crippen LogP contribution in [-0.4, -0.2) is 31.7 Å². The molecule has 0 saturated heterocycles. The van der Waals surface area contributed by atoms with Gasteiger partial charge in [0, 0.05) is 31.3 Å². The number of allylic oxidation sites excluding steroid dienone is 2. The Balaban J connectivity index is 2.67. The summed E-state index contributed by atoms with van der Waals surface area (Å²) < 4.78 is 13.2. The average Bonchev–Trinajstić information content (AvgIpc) is 2.96. The predicted octanol–water partition coefficient (Wildman–Crippen LogP) is 4.34.